The minimum Gasteiger partial charge on any atom is -0.477 e. The minimum atomic E-state index is -4.02. The van der Waals surface area contributed by atoms with Crippen molar-refractivity contribution in [3.8, 4) is 0 Å². The van der Waals surface area contributed by atoms with Crippen molar-refractivity contribution in [2.45, 2.75) is 45.3 Å². The predicted octanol–water partition coefficient (Wildman–Crippen LogP) is 1.96. The zero-order chi connectivity index (χ0) is 14.0. The fraction of sp³-hybridized carbons (Fsp3) is 0.800. The van der Waals surface area contributed by atoms with Crippen LogP contribution in [0.5, 0.6) is 0 Å². The number of rotatable bonds is 3. The first-order valence-electron chi connectivity index (χ1n) is 4.96. The molecule has 100 valence electrons. The maximum atomic E-state index is 13.1. The standard InChI is InChI=1S/C10H17F2NO4/c1-6(10(11,12)7(14)15)13(5)8(16)17-9(2,3)4/h6H,1-5H3,(H,14,15). The highest BCUT2D eigenvalue weighted by molar-refractivity contribution is 5.78. The van der Waals surface area contributed by atoms with Crippen LogP contribution >= 0.6 is 0 Å². The number of carbonyl (C=O) groups is 2. The molecule has 0 aliphatic carbocycles. The Balaban J connectivity index is 4.77. The highest BCUT2D eigenvalue weighted by Gasteiger charge is 2.48. The fourth-order valence-corrected chi connectivity index (χ4v) is 0.914. The van der Waals surface area contributed by atoms with E-state index in [-0.39, 0.29) is 0 Å². The van der Waals surface area contributed by atoms with Crippen molar-refractivity contribution in [3.63, 3.8) is 0 Å². The monoisotopic (exact) mass is 253 g/mol. The number of ether oxygens (including phenoxy) is 1. The second kappa shape index (κ2) is 4.85. The lowest BCUT2D eigenvalue weighted by Gasteiger charge is -2.31. The van der Waals surface area contributed by atoms with Gasteiger partial charge in [0.15, 0.2) is 0 Å². The summed E-state index contributed by atoms with van der Waals surface area (Å²) in [6, 6.07) is -1.80. The summed E-state index contributed by atoms with van der Waals surface area (Å²) in [4.78, 5) is 22.4. The van der Waals surface area contributed by atoms with E-state index >= 15 is 0 Å². The van der Waals surface area contributed by atoms with Crippen LogP contribution in [0.3, 0.4) is 0 Å². The molecule has 1 unspecified atom stereocenters. The predicted molar refractivity (Wildman–Crippen MR) is 56.0 cm³/mol. The fourth-order valence-electron chi connectivity index (χ4n) is 0.914. The molecular weight excluding hydrogens is 236 g/mol. The zero-order valence-electron chi connectivity index (χ0n) is 10.5. The molecule has 0 saturated carbocycles. The van der Waals surface area contributed by atoms with E-state index in [2.05, 4.69) is 0 Å². The molecule has 0 aromatic rings. The molecule has 0 saturated heterocycles. The van der Waals surface area contributed by atoms with E-state index in [4.69, 9.17) is 9.84 Å². The molecule has 0 spiro atoms. The smallest absolute Gasteiger partial charge is 0.410 e. The first-order valence-corrected chi connectivity index (χ1v) is 4.96. The zero-order valence-corrected chi connectivity index (χ0v) is 10.5. The van der Waals surface area contributed by atoms with Gasteiger partial charge in [0.05, 0.1) is 0 Å². The average Bonchev–Trinajstić information content (AvgIpc) is 2.12. The summed E-state index contributed by atoms with van der Waals surface area (Å²) >= 11 is 0. The molecule has 0 aliphatic heterocycles. The highest BCUT2D eigenvalue weighted by Crippen LogP contribution is 2.24. The summed E-state index contributed by atoms with van der Waals surface area (Å²) in [6.45, 7) is 5.69. The van der Waals surface area contributed by atoms with Gasteiger partial charge in [-0.25, -0.2) is 9.59 Å². The molecule has 0 heterocycles. The van der Waals surface area contributed by atoms with Crippen LogP contribution in [0.2, 0.25) is 0 Å². The SMILES string of the molecule is CC(N(C)C(=O)OC(C)(C)C)C(F)(F)C(=O)O. The number of halogens is 2. The second-order valence-electron chi connectivity index (χ2n) is 4.70. The van der Waals surface area contributed by atoms with Crippen molar-refractivity contribution in [1.82, 2.24) is 4.90 Å². The van der Waals surface area contributed by atoms with E-state index in [0.717, 1.165) is 14.0 Å². The van der Waals surface area contributed by atoms with Crippen LogP contribution in [0.1, 0.15) is 27.7 Å². The van der Waals surface area contributed by atoms with E-state index in [0.29, 0.717) is 4.90 Å². The van der Waals surface area contributed by atoms with Crippen molar-refractivity contribution >= 4 is 12.1 Å². The molecule has 5 nitrogen and oxygen atoms in total. The highest BCUT2D eigenvalue weighted by atomic mass is 19.3. The molecule has 0 rings (SSSR count). The molecule has 0 aromatic carbocycles. The average molecular weight is 253 g/mol. The molecule has 0 aromatic heterocycles. The minimum absolute atomic E-state index is 0.569. The molecule has 7 heteroatoms. The van der Waals surface area contributed by atoms with Crippen LogP contribution in [-0.2, 0) is 9.53 Å². The molecule has 1 atom stereocenters. The number of carbonyl (C=O) groups excluding carboxylic acids is 1. The van der Waals surface area contributed by atoms with Crippen LogP contribution in [0.15, 0.2) is 0 Å². The number of alkyl halides is 2. The molecule has 1 amide bonds. The van der Waals surface area contributed by atoms with E-state index < -0.39 is 29.6 Å². The van der Waals surface area contributed by atoms with Gasteiger partial charge in [0, 0.05) is 7.05 Å². The normalized spacial score (nSPS) is 14.1. The third-order valence-corrected chi connectivity index (χ3v) is 2.07. The van der Waals surface area contributed by atoms with Gasteiger partial charge in [-0.3, -0.25) is 0 Å². The molecule has 1 N–H and O–H groups in total. The van der Waals surface area contributed by atoms with Gasteiger partial charge in [0.25, 0.3) is 0 Å². The molecule has 0 aliphatic rings. The first-order chi connectivity index (χ1) is 7.39. The summed E-state index contributed by atoms with van der Waals surface area (Å²) in [5.41, 5.74) is -0.830. The number of hydrogen-bond acceptors (Lipinski definition) is 3. The van der Waals surface area contributed by atoms with Crippen LogP contribution in [0.4, 0.5) is 13.6 Å². The van der Waals surface area contributed by atoms with Gasteiger partial charge < -0.3 is 14.7 Å². The lowest BCUT2D eigenvalue weighted by molar-refractivity contribution is -0.172. The lowest BCUT2D eigenvalue weighted by Crippen LogP contribution is -2.51. The summed E-state index contributed by atoms with van der Waals surface area (Å²) in [6.07, 6.45) is -0.995. The number of amides is 1. The first kappa shape index (κ1) is 15.6. The third kappa shape index (κ3) is 4.16. The quantitative estimate of drug-likeness (QED) is 0.834. The number of carboxylic acids is 1. The maximum absolute atomic E-state index is 13.1. The largest absolute Gasteiger partial charge is 0.477 e. The molecule has 17 heavy (non-hydrogen) atoms. The number of nitrogens with zero attached hydrogens (tertiary/aromatic N) is 1. The Hall–Kier alpha value is -1.40. The Kier molecular flexibility index (Phi) is 4.45. The van der Waals surface area contributed by atoms with Crippen molar-refractivity contribution in [2.24, 2.45) is 0 Å². The van der Waals surface area contributed by atoms with Gasteiger partial charge in [0.2, 0.25) is 0 Å². The van der Waals surface area contributed by atoms with Crippen LogP contribution in [-0.4, -0.2) is 46.7 Å². The summed E-state index contributed by atoms with van der Waals surface area (Å²) in [7, 11) is 1.07. The van der Waals surface area contributed by atoms with Gasteiger partial charge in [-0.2, -0.15) is 8.78 Å². The Bertz CT molecular complexity index is 312. The maximum Gasteiger partial charge on any atom is 0.410 e. The summed E-state index contributed by atoms with van der Waals surface area (Å²) < 4.78 is 31.1. The van der Waals surface area contributed by atoms with Crippen LogP contribution < -0.4 is 0 Å². The summed E-state index contributed by atoms with van der Waals surface area (Å²) in [5.74, 6) is -6.30. The topological polar surface area (TPSA) is 66.8 Å². The number of carboxylic acid groups (broad SMARTS) is 1. The lowest BCUT2D eigenvalue weighted by atomic mass is 10.1. The van der Waals surface area contributed by atoms with E-state index in [1.165, 1.54) is 0 Å². The molecule has 0 radical (unpaired) electrons. The van der Waals surface area contributed by atoms with Gasteiger partial charge >= 0.3 is 18.0 Å². The van der Waals surface area contributed by atoms with Gasteiger partial charge in [-0.1, -0.05) is 0 Å². The van der Waals surface area contributed by atoms with Crippen molar-refractivity contribution in [3.05, 3.63) is 0 Å². The van der Waals surface area contributed by atoms with Gasteiger partial charge in [0.1, 0.15) is 11.6 Å². The van der Waals surface area contributed by atoms with E-state index in [1.807, 2.05) is 0 Å². The Labute approximate surface area is 98.3 Å². The number of aliphatic carboxylic acids is 1. The van der Waals surface area contributed by atoms with Crippen LogP contribution in [0, 0.1) is 0 Å². The molecular formula is C10H17F2NO4. The van der Waals surface area contributed by atoms with E-state index in [9.17, 15) is 18.4 Å². The second-order valence-corrected chi connectivity index (χ2v) is 4.70. The van der Waals surface area contributed by atoms with Gasteiger partial charge in [-0.15, -0.1) is 0 Å². The van der Waals surface area contributed by atoms with Crippen molar-refractivity contribution in [2.75, 3.05) is 7.05 Å². The summed E-state index contributed by atoms with van der Waals surface area (Å²) in [5, 5.41) is 8.35. The van der Waals surface area contributed by atoms with E-state index in [1.54, 1.807) is 20.8 Å². The molecule has 0 fully saturated rings. The Morgan fingerprint density at radius 2 is 1.71 bits per heavy atom. The number of hydrogen-bond donors (Lipinski definition) is 1. The van der Waals surface area contributed by atoms with Gasteiger partial charge in [-0.05, 0) is 27.7 Å². The Morgan fingerprint density at radius 1 is 1.29 bits per heavy atom. The third-order valence-electron chi connectivity index (χ3n) is 2.07. The van der Waals surface area contributed by atoms with Crippen LogP contribution in [0.25, 0.3) is 0 Å². The van der Waals surface area contributed by atoms with Crippen molar-refractivity contribution < 1.29 is 28.2 Å². The molecule has 0 bridgehead atoms. The Morgan fingerprint density at radius 3 is 2.00 bits per heavy atom. The van der Waals surface area contributed by atoms with Crippen molar-refractivity contribution in [1.29, 1.82) is 0 Å².